The first-order chi connectivity index (χ1) is 9.11. The van der Waals surface area contributed by atoms with Gasteiger partial charge in [-0.3, -0.25) is 9.59 Å². The Bertz CT molecular complexity index is 530. The molecular formula is C15H17NO3. The highest BCUT2D eigenvalue weighted by Crippen LogP contribution is 2.44. The topological polar surface area (TPSA) is 69.4 Å². The second kappa shape index (κ2) is 4.46. The van der Waals surface area contributed by atoms with Crippen molar-refractivity contribution in [2.75, 3.05) is 0 Å². The average Bonchev–Trinajstić information content (AvgIpc) is 2.85. The van der Waals surface area contributed by atoms with Crippen LogP contribution >= 0.6 is 0 Å². The second-order valence-corrected chi connectivity index (χ2v) is 5.58. The van der Waals surface area contributed by atoms with Gasteiger partial charge in [0.2, 0.25) is 0 Å². The molecule has 3 rings (SSSR count). The summed E-state index contributed by atoms with van der Waals surface area (Å²) in [6.45, 7) is 1.88. The van der Waals surface area contributed by atoms with Crippen molar-refractivity contribution in [2.45, 2.75) is 32.1 Å². The van der Waals surface area contributed by atoms with Crippen molar-refractivity contribution in [2.24, 2.45) is 17.7 Å². The van der Waals surface area contributed by atoms with Crippen LogP contribution in [0.3, 0.4) is 0 Å². The maximum Gasteiger partial charge on any atom is 0.150 e. The van der Waals surface area contributed by atoms with Crippen LogP contribution in [-0.2, 0) is 9.59 Å². The molecule has 2 saturated carbocycles. The van der Waals surface area contributed by atoms with Gasteiger partial charge >= 0.3 is 0 Å². The summed E-state index contributed by atoms with van der Waals surface area (Å²) in [5.41, 5.74) is 1.70. The lowest BCUT2D eigenvalue weighted by Gasteiger charge is -2.26. The van der Waals surface area contributed by atoms with E-state index in [-0.39, 0.29) is 23.4 Å². The molecule has 0 spiro atoms. The highest BCUT2D eigenvalue weighted by molar-refractivity contribution is 6.12. The van der Waals surface area contributed by atoms with Crippen LogP contribution in [0.2, 0.25) is 0 Å². The first kappa shape index (κ1) is 12.4. The average molecular weight is 259 g/mol. The van der Waals surface area contributed by atoms with Crippen LogP contribution in [0.1, 0.15) is 36.3 Å². The van der Waals surface area contributed by atoms with E-state index in [1.54, 1.807) is 18.2 Å². The van der Waals surface area contributed by atoms with Crippen molar-refractivity contribution in [1.29, 1.82) is 0 Å². The Balaban J connectivity index is 2.01. The Hall–Kier alpha value is -1.68. The first-order valence-electron chi connectivity index (χ1n) is 6.66. The molecule has 0 saturated heterocycles. The number of rotatable bonds is 2. The Morgan fingerprint density at radius 1 is 1.16 bits per heavy atom. The van der Waals surface area contributed by atoms with E-state index in [2.05, 4.69) is 4.84 Å². The van der Waals surface area contributed by atoms with Gasteiger partial charge in [-0.1, -0.05) is 6.07 Å². The van der Waals surface area contributed by atoms with Crippen LogP contribution in [0.25, 0.3) is 0 Å². The van der Waals surface area contributed by atoms with Gasteiger partial charge in [-0.2, -0.15) is 5.90 Å². The summed E-state index contributed by atoms with van der Waals surface area (Å²) in [5.74, 6) is 5.46. The molecule has 19 heavy (non-hydrogen) atoms. The summed E-state index contributed by atoms with van der Waals surface area (Å²) in [6.07, 6.45) is 2.50. The van der Waals surface area contributed by atoms with E-state index in [9.17, 15) is 9.59 Å². The van der Waals surface area contributed by atoms with Gasteiger partial charge in [0.05, 0.1) is 0 Å². The second-order valence-electron chi connectivity index (χ2n) is 5.58. The Labute approximate surface area is 111 Å². The lowest BCUT2D eigenvalue weighted by Crippen LogP contribution is -2.35. The third-order valence-corrected chi connectivity index (χ3v) is 4.49. The molecule has 1 aromatic carbocycles. The van der Waals surface area contributed by atoms with Gasteiger partial charge in [-0.25, -0.2) is 0 Å². The summed E-state index contributed by atoms with van der Waals surface area (Å²) in [6, 6.07) is 5.27. The number of hydrogen-bond donors (Lipinski definition) is 1. The number of aryl methyl sites for hydroxylation is 1. The number of carbonyl (C=O) groups is 2. The van der Waals surface area contributed by atoms with Gasteiger partial charge in [-0.15, -0.1) is 0 Å². The van der Waals surface area contributed by atoms with Crippen molar-refractivity contribution in [3.8, 4) is 5.75 Å². The van der Waals surface area contributed by atoms with E-state index in [4.69, 9.17) is 5.90 Å². The zero-order chi connectivity index (χ0) is 13.6. The van der Waals surface area contributed by atoms with E-state index in [1.165, 1.54) is 0 Å². The minimum Gasteiger partial charge on any atom is -0.412 e. The maximum atomic E-state index is 12.4. The number of carbonyl (C=O) groups excluding carboxylic acids is 2. The number of nitrogens with two attached hydrogens (primary N) is 1. The van der Waals surface area contributed by atoms with Gasteiger partial charge in [0, 0.05) is 11.8 Å². The molecule has 2 unspecified atom stereocenters. The van der Waals surface area contributed by atoms with Crippen LogP contribution < -0.4 is 10.7 Å². The molecule has 2 N–H and O–H groups in total. The van der Waals surface area contributed by atoms with Gasteiger partial charge in [-0.05, 0) is 49.4 Å². The molecule has 100 valence electrons. The highest BCUT2D eigenvalue weighted by Gasteiger charge is 2.47. The summed E-state index contributed by atoms with van der Waals surface area (Å²) < 4.78 is 0. The predicted octanol–water partition coefficient (Wildman–Crippen LogP) is 1.90. The van der Waals surface area contributed by atoms with Crippen LogP contribution in [0.5, 0.6) is 5.75 Å². The molecule has 2 bridgehead atoms. The standard InChI is InChI=1S/C15H17NO3/c1-8-6-11(19-16)4-5-12(8)13-14(17)9-2-3-10(7-9)15(13)18/h4-6,9-10,13H,2-3,7,16H2,1H3. The molecule has 2 aliphatic rings. The van der Waals surface area contributed by atoms with Crippen LogP contribution in [0, 0.1) is 18.8 Å². The predicted molar refractivity (Wildman–Crippen MR) is 69.6 cm³/mol. The molecule has 2 atom stereocenters. The van der Waals surface area contributed by atoms with Crippen LogP contribution in [0.15, 0.2) is 18.2 Å². The fourth-order valence-electron chi connectivity index (χ4n) is 3.46. The van der Waals surface area contributed by atoms with Crippen molar-refractivity contribution < 1.29 is 14.4 Å². The molecule has 2 fully saturated rings. The van der Waals surface area contributed by atoms with E-state index in [0.717, 1.165) is 30.4 Å². The lowest BCUT2D eigenvalue weighted by molar-refractivity contribution is -0.135. The summed E-state index contributed by atoms with van der Waals surface area (Å²) in [5, 5.41) is 0. The SMILES string of the molecule is Cc1cc(ON)ccc1C1C(=O)C2CCC(C2)C1=O. The molecular weight excluding hydrogens is 242 g/mol. The van der Waals surface area contributed by atoms with Gasteiger partial charge in [0.1, 0.15) is 11.7 Å². The Kier molecular flexibility index (Phi) is 2.90. The number of Topliss-reactive ketones (excluding diaryl/α,β-unsaturated/α-hetero) is 2. The third-order valence-electron chi connectivity index (χ3n) is 4.49. The minimum atomic E-state index is -0.571. The van der Waals surface area contributed by atoms with Gasteiger partial charge < -0.3 is 4.84 Å². The van der Waals surface area contributed by atoms with Crippen molar-refractivity contribution in [3.05, 3.63) is 29.3 Å². The van der Waals surface area contributed by atoms with Crippen molar-refractivity contribution in [3.63, 3.8) is 0 Å². The molecule has 0 aromatic heterocycles. The maximum absolute atomic E-state index is 12.4. The number of fused-ring (bicyclic) bond motifs is 2. The highest BCUT2D eigenvalue weighted by atomic mass is 16.6. The first-order valence-corrected chi connectivity index (χ1v) is 6.66. The number of ketones is 2. The fourth-order valence-corrected chi connectivity index (χ4v) is 3.46. The molecule has 0 radical (unpaired) electrons. The van der Waals surface area contributed by atoms with Crippen molar-refractivity contribution in [1.82, 2.24) is 0 Å². The lowest BCUT2D eigenvalue weighted by atomic mass is 9.74. The Morgan fingerprint density at radius 3 is 2.32 bits per heavy atom. The zero-order valence-electron chi connectivity index (χ0n) is 10.9. The number of hydrogen-bond acceptors (Lipinski definition) is 4. The van der Waals surface area contributed by atoms with E-state index < -0.39 is 5.92 Å². The number of benzene rings is 1. The van der Waals surface area contributed by atoms with E-state index >= 15 is 0 Å². The molecule has 0 amide bonds. The molecule has 1 aromatic rings. The third kappa shape index (κ3) is 1.87. The van der Waals surface area contributed by atoms with Crippen LogP contribution in [-0.4, -0.2) is 11.6 Å². The summed E-state index contributed by atoms with van der Waals surface area (Å²) in [4.78, 5) is 29.5. The molecule has 2 aliphatic carbocycles. The van der Waals surface area contributed by atoms with E-state index in [0.29, 0.717) is 5.75 Å². The largest absolute Gasteiger partial charge is 0.412 e. The molecule has 0 heterocycles. The molecule has 4 nitrogen and oxygen atoms in total. The van der Waals surface area contributed by atoms with Gasteiger partial charge in [0.25, 0.3) is 0 Å². The van der Waals surface area contributed by atoms with Crippen LogP contribution in [0.4, 0.5) is 0 Å². The summed E-state index contributed by atoms with van der Waals surface area (Å²) >= 11 is 0. The Morgan fingerprint density at radius 2 is 1.79 bits per heavy atom. The normalized spacial score (nSPS) is 29.7. The van der Waals surface area contributed by atoms with Crippen molar-refractivity contribution >= 4 is 11.6 Å². The minimum absolute atomic E-state index is 0.0811. The zero-order valence-corrected chi connectivity index (χ0v) is 10.9. The molecule has 4 heteroatoms. The smallest absolute Gasteiger partial charge is 0.150 e. The fraction of sp³-hybridized carbons (Fsp3) is 0.467. The summed E-state index contributed by atoms with van der Waals surface area (Å²) in [7, 11) is 0. The van der Waals surface area contributed by atoms with E-state index in [1.807, 2.05) is 6.92 Å². The monoisotopic (exact) mass is 259 g/mol. The quantitative estimate of drug-likeness (QED) is 0.650. The molecule has 0 aliphatic heterocycles. The van der Waals surface area contributed by atoms with Gasteiger partial charge in [0.15, 0.2) is 11.6 Å².